The second-order valence-corrected chi connectivity index (χ2v) is 7.01. The van der Waals surface area contributed by atoms with Crippen molar-refractivity contribution in [2.45, 2.75) is 70.3 Å². The van der Waals surface area contributed by atoms with E-state index in [1.54, 1.807) is 0 Å². The van der Waals surface area contributed by atoms with Gasteiger partial charge >= 0.3 is 0 Å². The monoisotopic (exact) mass is 292 g/mol. The van der Waals surface area contributed by atoms with Crippen LogP contribution < -0.4 is 5.32 Å². The lowest BCUT2D eigenvalue weighted by molar-refractivity contribution is -0.133. The first-order chi connectivity index (χ1) is 10.3. The van der Waals surface area contributed by atoms with E-state index >= 15 is 0 Å². The molecule has 1 atom stereocenters. The number of likely N-dealkylation sites (tertiary alicyclic amines) is 1. The fourth-order valence-corrected chi connectivity index (χ4v) is 4.02. The Kier molecular flexibility index (Phi) is 4.81. The van der Waals surface area contributed by atoms with Crippen molar-refractivity contribution in [2.24, 2.45) is 11.8 Å². The van der Waals surface area contributed by atoms with Crippen molar-refractivity contribution in [3.63, 3.8) is 0 Å². The second-order valence-electron chi connectivity index (χ2n) is 7.01. The summed E-state index contributed by atoms with van der Waals surface area (Å²) in [4.78, 5) is 26.1. The SMILES string of the molecule is O=C(NCCCC(=O)N1CCC[C@H]1C1CCCC1)C1CC1. The zero-order valence-electron chi connectivity index (χ0n) is 13.0. The first-order valence-corrected chi connectivity index (χ1v) is 8.83. The normalized spacial score (nSPS) is 26.3. The molecule has 1 N–H and O–H groups in total. The first-order valence-electron chi connectivity index (χ1n) is 8.83. The molecule has 0 aromatic rings. The van der Waals surface area contributed by atoms with Gasteiger partial charge < -0.3 is 10.2 Å². The summed E-state index contributed by atoms with van der Waals surface area (Å²) in [6, 6.07) is 0.515. The van der Waals surface area contributed by atoms with Gasteiger partial charge in [-0.1, -0.05) is 12.8 Å². The third-order valence-corrected chi connectivity index (χ3v) is 5.38. The quantitative estimate of drug-likeness (QED) is 0.765. The molecule has 21 heavy (non-hydrogen) atoms. The zero-order chi connectivity index (χ0) is 14.7. The average Bonchev–Trinajstić information content (AvgIpc) is 3.01. The minimum atomic E-state index is 0.187. The molecular formula is C17H28N2O2. The molecule has 4 nitrogen and oxygen atoms in total. The molecule has 1 saturated heterocycles. The largest absolute Gasteiger partial charge is 0.356 e. The molecule has 3 aliphatic rings. The van der Waals surface area contributed by atoms with Crippen LogP contribution in [0.4, 0.5) is 0 Å². The number of nitrogens with zero attached hydrogens (tertiary/aromatic N) is 1. The van der Waals surface area contributed by atoms with Crippen LogP contribution in [-0.4, -0.2) is 35.8 Å². The molecule has 3 fully saturated rings. The molecule has 0 bridgehead atoms. The number of nitrogens with one attached hydrogen (secondary N) is 1. The Bertz CT molecular complexity index is 386. The Hall–Kier alpha value is -1.06. The highest BCUT2D eigenvalue weighted by Crippen LogP contribution is 2.35. The van der Waals surface area contributed by atoms with Crippen LogP contribution in [0.15, 0.2) is 0 Å². The van der Waals surface area contributed by atoms with Gasteiger partial charge in [0.1, 0.15) is 0 Å². The van der Waals surface area contributed by atoms with Crippen LogP contribution in [0, 0.1) is 11.8 Å². The van der Waals surface area contributed by atoms with Crippen molar-refractivity contribution in [2.75, 3.05) is 13.1 Å². The Morgan fingerprint density at radius 2 is 1.76 bits per heavy atom. The first kappa shape index (κ1) is 14.9. The molecule has 2 aliphatic carbocycles. The van der Waals surface area contributed by atoms with Crippen molar-refractivity contribution >= 4 is 11.8 Å². The minimum Gasteiger partial charge on any atom is -0.356 e. The van der Waals surface area contributed by atoms with Gasteiger partial charge in [-0.05, 0) is 50.9 Å². The van der Waals surface area contributed by atoms with Crippen LogP contribution in [0.2, 0.25) is 0 Å². The van der Waals surface area contributed by atoms with Crippen molar-refractivity contribution in [1.82, 2.24) is 10.2 Å². The molecule has 0 aromatic carbocycles. The molecule has 0 spiro atoms. The van der Waals surface area contributed by atoms with Gasteiger partial charge in [0.2, 0.25) is 11.8 Å². The average molecular weight is 292 g/mol. The van der Waals surface area contributed by atoms with E-state index in [1.807, 2.05) is 0 Å². The summed E-state index contributed by atoms with van der Waals surface area (Å²) < 4.78 is 0. The molecule has 0 unspecified atom stereocenters. The van der Waals surface area contributed by atoms with Gasteiger partial charge in [-0.2, -0.15) is 0 Å². The fourth-order valence-electron chi connectivity index (χ4n) is 4.02. The van der Waals surface area contributed by atoms with Crippen molar-refractivity contribution in [3.05, 3.63) is 0 Å². The van der Waals surface area contributed by atoms with Crippen LogP contribution in [0.1, 0.15) is 64.2 Å². The molecule has 4 heteroatoms. The zero-order valence-corrected chi connectivity index (χ0v) is 13.0. The van der Waals surface area contributed by atoms with E-state index in [1.165, 1.54) is 38.5 Å². The summed E-state index contributed by atoms with van der Waals surface area (Å²) in [6.07, 6.45) is 11.1. The van der Waals surface area contributed by atoms with Crippen LogP contribution in [0.25, 0.3) is 0 Å². The van der Waals surface area contributed by atoms with E-state index in [-0.39, 0.29) is 11.8 Å². The maximum atomic E-state index is 12.4. The minimum absolute atomic E-state index is 0.187. The van der Waals surface area contributed by atoms with Crippen LogP contribution in [0.3, 0.4) is 0 Å². The summed E-state index contributed by atoms with van der Waals surface area (Å²) in [5.74, 6) is 1.52. The maximum absolute atomic E-state index is 12.4. The predicted molar refractivity (Wildman–Crippen MR) is 81.7 cm³/mol. The molecule has 118 valence electrons. The van der Waals surface area contributed by atoms with Crippen molar-refractivity contribution < 1.29 is 9.59 Å². The molecular weight excluding hydrogens is 264 g/mol. The Balaban J connectivity index is 1.38. The van der Waals surface area contributed by atoms with E-state index < -0.39 is 0 Å². The van der Waals surface area contributed by atoms with Gasteiger partial charge in [0.05, 0.1) is 0 Å². The number of hydrogen-bond donors (Lipinski definition) is 1. The Morgan fingerprint density at radius 3 is 2.48 bits per heavy atom. The van der Waals surface area contributed by atoms with Gasteiger partial charge in [-0.15, -0.1) is 0 Å². The van der Waals surface area contributed by atoms with E-state index in [2.05, 4.69) is 10.2 Å². The Labute approximate surface area is 127 Å². The van der Waals surface area contributed by atoms with Crippen LogP contribution in [0.5, 0.6) is 0 Å². The molecule has 2 saturated carbocycles. The summed E-state index contributed by atoms with van der Waals surface area (Å²) in [6.45, 7) is 1.61. The van der Waals surface area contributed by atoms with Crippen LogP contribution in [-0.2, 0) is 9.59 Å². The van der Waals surface area contributed by atoms with Gasteiger partial charge in [0, 0.05) is 31.5 Å². The number of carbonyl (C=O) groups is 2. The molecule has 0 radical (unpaired) electrons. The lowest BCUT2D eigenvalue weighted by Crippen LogP contribution is -2.39. The highest BCUT2D eigenvalue weighted by atomic mass is 16.2. The molecule has 1 heterocycles. The Morgan fingerprint density at radius 1 is 1.00 bits per heavy atom. The number of hydrogen-bond acceptors (Lipinski definition) is 2. The molecule has 2 amide bonds. The van der Waals surface area contributed by atoms with E-state index in [4.69, 9.17) is 0 Å². The molecule has 3 rings (SSSR count). The summed E-state index contributed by atoms with van der Waals surface area (Å²) in [7, 11) is 0. The van der Waals surface area contributed by atoms with E-state index in [9.17, 15) is 9.59 Å². The highest BCUT2D eigenvalue weighted by Gasteiger charge is 2.35. The topological polar surface area (TPSA) is 49.4 Å². The summed E-state index contributed by atoms with van der Waals surface area (Å²) >= 11 is 0. The predicted octanol–water partition coefficient (Wildman–Crippen LogP) is 2.47. The third kappa shape index (κ3) is 3.78. The lowest BCUT2D eigenvalue weighted by atomic mass is 9.96. The fraction of sp³-hybridized carbons (Fsp3) is 0.882. The van der Waals surface area contributed by atoms with E-state index in [0.717, 1.165) is 31.7 Å². The van der Waals surface area contributed by atoms with Gasteiger partial charge in [0.25, 0.3) is 0 Å². The number of carbonyl (C=O) groups excluding carboxylic acids is 2. The van der Waals surface area contributed by atoms with Gasteiger partial charge in [-0.3, -0.25) is 9.59 Å². The lowest BCUT2D eigenvalue weighted by Gasteiger charge is -2.29. The summed E-state index contributed by atoms with van der Waals surface area (Å²) in [5, 5.41) is 2.95. The third-order valence-electron chi connectivity index (χ3n) is 5.38. The molecule has 0 aromatic heterocycles. The highest BCUT2D eigenvalue weighted by molar-refractivity contribution is 5.81. The van der Waals surface area contributed by atoms with Gasteiger partial charge in [0.15, 0.2) is 0 Å². The van der Waals surface area contributed by atoms with Gasteiger partial charge in [-0.25, -0.2) is 0 Å². The summed E-state index contributed by atoms with van der Waals surface area (Å²) in [5.41, 5.74) is 0. The van der Waals surface area contributed by atoms with Crippen molar-refractivity contribution in [3.8, 4) is 0 Å². The molecule has 1 aliphatic heterocycles. The van der Waals surface area contributed by atoms with E-state index in [0.29, 0.717) is 24.9 Å². The number of amides is 2. The van der Waals surface area contributed by atoms with Crippen molar-refractivity contribution in [1.29, 1.82) is 0 Å². The standard InChI is InChI=1S/C17H28N2O2/c20-16(8-3-11-18-17(21)14-9-10-14)19-12-4-7-15(19)13-5-1-2-6-13/h13-15H,1-12H2,(H,18,21)/t15-/m0/s1. The van der Waals surface area contributed by atoms with Crippen LogP contribution >= 0.6 is 0 Å². The number of rotatable bonds is 6. The smallest absolute Gasteiger partial charge is 0.223 e. The second kappa shape index (κ2) is 6.80. The maximum Gasteiger partial charge on any atom is 0.223 e.